The lowest BCUT2D eigenvalue weighted by atomic mass is 10.1. The maximum absolute atomic E-state index is 12.0. The van der Waals surface area contributed by atoms with Crippen LogP contribution in [0.5, 0.6) is 0 Å². The number of aryl methyl sites for hydroxylation is 1. The van der Waals surface area contributed by atoms with Gasteiger partial charge in [-0.3, -0.25) is 4.79 Å². The Morgan fingerprint density at radius 1 is 1.22 bits per heavy atom. The molecule has 0 saturated heterocycles. The molecule has 0 radical (unpaired) electrons. The molecule has 3 rings (SSSR count). The Kier molecular flexibility index (Phi) is 4.15. The molecule has 1 heterocycles. The Bertz CT molecular complexity index is 816. The first kappa shape index (κ1) is 15.3. The second kappa shape index (κ2) is 6.24. The summed E-state index contributed by atoms with van der Waals surface area (Å²) in [6.07, 6.45) is 0.507. The minimum Gasteiger partial charge on any atom is -0.436 e. The van der Waals surface area contributed by atoms with E-state index in [1.54, 1.807) is 0 Å². The van der Waals surface area contributed by atoms with E-state index < -0.39 is 0 Å². The predicted molar refractivity (Wildman–Crippen MR) is 92.3 cm³/mol. The molecular formula is C19H20N2O2. The number of nitrogens with one attached hydrogen (secondary N) is 1. The molecule has 0 aliphatic rings. The molecule has 1 aromatic heterocycles. The van der Waals surface area contributed by atoms with Crippen molar-refractivity contribution in [2.75, 3.05) is 5.32 Å². The SMILES string of the molecule is Cc1ccc(-c2nc3ccccc3o2)cc1NC(=O)CC(C)C. The molecule has 23 heavy (non-hydrogen) atoms. The van der Waals surface area contributed by atoms with Crippen LogP contribution < -0.4 is 5.32 Å². The summed E-state index contributed by atoms with van der Waals surface area (Å²) in [5.74, 6) is 0.916. The van der Waals surface area contributed by atoms with Crippen LogP contribution in [0.2, 0.25) is 0 Å². The Morgan fingerprint density at radius 2 is 2.00 bits per heavy atom. The molecule has 118 valence electrons. The lowest BCUT2D eigenvalue weighted by Gasteiger charge is -2.10. The summed E-state index contributed by atoms with van der Waals surface area (Å²) in [7, 11) is 0. The average molecular weight is 308 g/mol. The summed E-state index contributed by atoms with van der Waals surface area (Å²) in [5, 5.41) is 2.98. The third kappa shape index (κ3) is 3.42. The molecule has 0 unspecified atom stereocenters. The highest BCUT2D eigenvalue weighted by Gasteiger charge is 2.12. The van der Waals surface area contributed by atoms with Gasteiger partial charge in [0.1, 0.15) is 5.52 Å². The average Bonchev–Trinajstić information content (AvgIpc) is 2.92. The Morgan fingerprint density at radius 3 is 2.74 bits per heavy atom. The molecule has 0 bridgehead atoms. The lowest BCUT2D eigenvalue weighted by molar-refractivity contribution is -0.116. The molecule has 3 aromatic rings. The molecule has 1 amide bonds. The van der Waals surface area contributed by atoms with Crippen molar-refractivity contribution < 1.29 is 9.21 Å². The van der Waals surface area contributed by atoms with Crippen LogP contribution in [0.4, 0.5) is 5.69 Å². The van der Waals surface area contributed by atoms with E-state index in [0.29, 0.717) is 18.2 Å². The molecule has 4 heteroatoms. The number of para-hydroxylation sites is 2. The van der Waals surface area contributed by atoms with Crippen molar-refractivity contribution in [1.82, 2.24) is 4.98 Å². The van der Waals surface area contributed by atoms with Gasteiger partial charge in [0.25, 0.3) is 0 Å². The number of rotatable bonds is 4. The van der Waals surface area contributed by atoms with Gasteiger partial charge in [-0.05, 0) is 42.7 Å². The van der Waals surface area contributed by atoms with Gasteiger partial charge in [-0.2, -0.15) is 0 Å². The number of hydrogen-bond donors (Lipinski definition) is 1. The Balaban J connectivity index is 1.91. The number of oxazole rings is 1. The quantitative estimate of drug-likeness (QED) is 0.754. The van der Waals surface area contributed by atoms with Crippen molar-refractivity contribution in [2.45, 2.75) is 27.2 Å². The number of nitrogens with zero attached hydrogens (tertiary/aromatic N) is 1. The molecule has 0 spiro atoms. The van der Waals surface area contributed by atoms with Crippen LogP contribution in [-0.2, 0) is 4.79 Å². The first-order valence-corrected chi connectivity index (χ1v) is 7.79. The second-order valence-corrected chi connectivity index (χ2v) is 6.16. The van der Waals surface area contributed by atoms with E-state index >= 15 is 0 Å². The fourth-order valence-corrected chi connectivity index (χ4v) is 2.46. The van der Waals surface area contributed by atoms with E-state index in [0.717, 1.165) is 27.9 Å². The zero-order valence-corrected chi connectivity index (χ0v) is 13.6. The normalized spacial score (nSPS) is 11.1. The highest BCUT2D eigenvalue weighted by atomic mass is 16.3. The Labute approximate surface area is 135 Å². The predicted octanol–water partition coefficient (Wildman–Crippen LogP) is 4.79. The molecular weight excluding hydrogens is 288 g/mol. The minimum absolute atomic E-state index is 0.0258. The van der Waals surface area contributed by atoms with Gasteiger partial charge in [-0.15, -0.1) is 0 Å². The summed E-state index contributed by atoms with van der Waals surface area (Å²) < 4.78 is 5.79. The van der Waals surface area contributed by atoms with Gasteiger partial charge in [0.15, 0.2) is 5.58 Å². The molecule has 0 atom stereocenters. The lowest BCUT2D eigenvalue weighted by Crippen LogP contribution is -2.14. The standard InChI is InChI=1S/C19H20N2O2/c1-12(2)10-18(22)20-16-11-14(9-8-13(16)3)19-21-15-6-4-5-7-17(15)23-19/h4-9,11-12H,10H2,1-3H3,(H,20,22). The van der Waals surface area contributed by atoms with E-state index in [9.17, 15) is 4.79 Å². The summed E-state index contributed by atoms with van der Waals surface area (Å²) in [4.78, 5) is 16.5. The number of benzene rings is 2. The summed E-state index contributed by atoms with van der Waals surface area (Å²) >= 11 is 0. The highest BCUT2D eigenvalue weighted by Crippen LogP contribution is 2.28. The van der Waals surface area contributed by atoms with Crippen molar-refractivity contribution in [2.24, 2.45) is 5.92 Å². The Hall–Kier alpha value is -2.62. The fraction of sp³-hybridized carbons (Fsp3) is 0.263. The number of carbonyl (C=O) groups is 1. The zero-order valence-electron chi connectivity index (χ0n) is 13.6. The molecule has 0 saturated carbocycles. The molecule has 0 fully saturated rings. The smallest absolute Gasteiger partial charge is 0.227 e. The maximum atomic E-state index is 12.0. The van der Waals surface area contributed by atoms with Gasteiger partial charge in [0.05, 0.1) is 0 Å². The monoisotopic (exact) mass is 308 g/mol. The van der Waals surface area contributed by atoms with Crippen molar-refractivity contribution in [3.63, 3.8) is 0 Å². The van der Waals surface area contributed by atoms with Crippen LogP contribution in [0.3, 0.4) is 0 Å². The third-order valence-corrected chi connectivity index (χ3v) is 3.65. The number of aromatic nitrogens is 1. The zero-order chi connectivity index (χ0) is 16.4. The number of carbonyl (C=O) groups excluding carboxylic acids is 1. The minimum atomic E-state index is 0.0258. The molecule has 0 aliphatic carbocycles. The molecule has 1 N–H and O–H groups in total. The summed E-state index contributed by atoms with van der Waals surface area (Å²) in [5.41, 5.74) is 4.26. The number of amides is 1. The number of anilines is 1. The second-order valence-electron chi connectivity index (χ2n) is 6.16. The van der Waals surface area contributed by atoms with Crippen LogP contribution in [0.25, 0.3) is 22.6 Å². The van der Waals surface area contributed by atoms with E-state index in [1.165, 1.54) is 0 Å². The van der Waals surface area contributed by atoms with E-state index in [1.807, 2.05) is 63.2 Å². The van der Waals surface area contributed by atoms with Crippen molar-refractivity contribution in [3.05, 3.63) is 48.0 Å². The van der Waals surface area contributed by atoms with Gasteiger partial charge >= 0.3 is 0 Å². The van der Waals surface area contributed by atoms with Gasteiger partial charge in [0, 0.05) is 17.7 Å². The van der Waals surface area contributed by atoms with Gasteiger partial charge in [-0.25, -0.2) is 4.98 Å². The van der Waals surface area contributed by atoms with Crippen LogP contribution >= 0.6 is 0 Å². The van der Waals surface area contributed by atoms with Gasteiger partial charge in [-0.1, -0.05) is 32.0 Å². The number of hydrogen-bond acceptors (Lipinski definition) is 3. The van der Waals surface area contributed by atoms with Crippen LogP contribution in [0.15, 0.2) is 46.9 Å². The third-order valence-electron chi connectivity index (χ3n) is 3.65. The van der Waals surface area contributed by atoms with E-state index in [4.69, 9.17) is 4.42 Å². The first-order valence-electron chi connectivity index (χ1n) is 7.79. The van der Waals surface area contributed by atoms with E-state index in [-0.39, 0.29) is 5.91 Å². The topological polar surface area (TPSA) is 55.1 Å². The van der Waals surface area contributed by atoms with Crippen molar-refractivity contribution >= 4 is 22.7 Å². The molecule has 2 aromatic carbocycles. The van der Waals surface area contributed by atoms with Crippen LogP contribution in [0, 0.1) is 12.8 Å². The number of fused-ring (bicyclic) bond motifs is 1. The summed E-state index contributed by atoms with van der Waals surface area (Å²) in [6, 6.07) is 13.5. The van der Waals surface area contributed by atoms with Crippen LogP contribution in [-0.4, -0.2) is 10.9 Å². The fourth-order valence-electron chi connectivity index (χ4n) is 2.46. The van der Waals surface area contributed by atoms with Crippen molar-refractivity contribution in [3.8, 4) is 11.5 Å². The maximum Gasteiger partial charge on any atom is 0.227 e. The van der Waals surface area contributed by atoms with Gasteiger partial charge < -0.3 is 9.73 Å². The van der Waals surface area contributed by atoms with Crippen molar-refractivity contribution in [1.29, 1.82) is 0 Å². The van der Waals surface area contributed by atoms with Gasteiger partial charge in [0.2, 0.25) is 11.8 Å². The molecule has 0 aliphatic heterocycles. The summed E-state index contributed by atoms with van der Waals surface area (Å²) in [6.45, 7) is 6.03. The van der Waals surface area contributed by atoms with Crippen LogP contribution in [0.1, 0.15) is 25.8 Å². The molecule has 4 nitrogen and oxygen atoms in total. The highest BCUT2D eigenvalue weighted by molar-refractivity contribution is 5.92. The first-order chi connectivity index (χ1) is 11.0. The largest absolute Gasteiger partial charge is 0.436 e. The van der Waals surface area contributed by atoms with E-state index in [2.05, 4.69) is 10.3 Å².